The van der Waals surface area contributed by atoms with Crippen molar-refractivity contribution in [2.75, 3.05) is 39.3 Å². The number of carbonyl (C=O) groups is 6. The summed E-state index contributed by atoms with van der Waals surface area (Å²) in [7, 11) is 0. The number of carbonyl (C=O) groups excluding carboxylic acids is 6. The smallest absolute Gasteiger partial charge is 0.0819 e. The van der Waals surface area contributed by atoms with Gasteiger partial charge in [-0.3, -0.25) is 0 Å². The summed E-state index contributed by atoms with van der Waals surface area (Å²) in [5, 5.41) is 66.0. The minimum Gasteiger partial charge on any atom is -0.545 e. The van der Waals surface area contributed by atoms with E-state index in [0.29, 0.717) is 0 Å². The number of hydrogen-bond donors (Lipinski definition) is 6. The van der Waals surface area contributed by atoms with Gasteiger partial charge in [0.25, 0.3) is 0 Å². The summed E-state index contributed by atoms with van der Waals surface area (Å²) < 4.78 is 0. The third-order valence-corrected chi connectivity index (χ3v) is 14.1. The molecule has 0 fully saturated rings. The second-order valence-corrected chi connectivity index (χ2v) is 23.4. The highest BCUT2D eigenvalue weighted by atomic mass is 16.4. The molecule has 0 saturated heterocycles. The predicted octanol–water partition coefficient (Wildman–Crippen LogP) is -3.88. The van der Waals surface area contributed by atoms with Crippen LogP contribution in [0.4, 0.5) is 0 Å². The number of carboxylic acids is 6. The van der Waals surface area contributed by atoms with Crippen molar-refractivity contribution in [3.05, 3.63) is 33.4 Å². The molecule has 1 aromatic rings. The first kappa shape index (κ1) is 85.1. The van der Waals surface area contributed by atoms with Gasteiger partial charge >= 0.3 is 0 Å². The van der Waals surface area contributed by atoms with Gasteiger partial charge in [-0.25, -0.2) is 0 Å². The van der Waals surface area contributed by atoms with Crippen molar-refractivity contribution in [3.63, 3.8) is 0 Å². The Morgan fingerprint density at radius 2 is 0.282 bits per heavy atom. The minimum absolute atomic E-state index is 0.773. The lowest BCUT2D eigenvalue weighted by Gasteiger charge is -2.28. The highest BCUT2D eigenvalue weighted by Gasteiger charge is 2.28. The fourth-order valence-corrected chi connectivity index (χ4v) is 10.9. The minimum atomic E-state index is -2.66. The van der Waals surface area contributed by atoms with Crippen LogP contribution in [0, 0.1) is 0 Å². The van der Waals surface area contributed by atoms with Crippen molar-refractivity contribution >= 4 is 35.8 Å². The zero-order valence-electron chi connectivity index (χ0n) is 55.1. The van der Waals surface area contributed by atoms with Crippen molar-refractivity contribution in [1.29, 1.82) is 0 Å². The zero-order valence-corrected chi connectivity index (χ0v) is 55.1. The van der Waals surface area contributed by atoms with Crippen molar-refractivity contribution in [2.24, 2.45) is 0 Å². The Morgan fingerprint density at radius 1 is 0.218 bits per heavy atom. The van der Waals surface area contributed by atoms with Crippen molar-refractivity contribution in [3.8, 4) is 0 Å². The number of quaternary nitrogens is 6. The highest BCUT2D eigenvalue weighted by Crippen LogP contribution is 2.27. The molecule has 0 heterocycles. The van der Waals surface area contributed by atoms with Crippen LogP contribution in [0.1, 0.15) is 270 Å². The third kappa shape index (κ3) is 33.4. The molecule has 0 amide bonds. The van der Waals surface area contributed by atoms with Gasteiger partial charge < -0.3 is 88.8 Å². The summed E-state index contributed by atoms with van der Waals surface area (Å²) in [5.74, 6) is -16.0. The molecule has 0 radical (unpaired) electrons. The average molecular weight is 1120 g/mol. The molecule has 0 aliphatic rings. The quantitative estimate of drug-likeness (QED) is 0.0581. The average Bonchev–Trinajstić information content (AvgIpc) is 3.26. The van der Waals surface area contributed by atoms with Crippen LogP contribution in [0.25, 0.3) is 0 Å². The van der Waals surface area contributed by atoms with E-state index < -0.39 is 69.2 Å². The third-order valence-electron chi connectivity index (χ3n) is 14.1. The predicted molar refractivity (Wildman–Crippen MR) is 303 cm³/mol. The molecule has 18 heteroatoms. The molecule has 0 unspecified atom stereocenters. The monoisotopic (exact) mass is 1120 g/mol. The van der Waals surface area contributed by atoms with E-state index >= 15 is 0 Å². The topological polar surface area (TPSA) is 267 Å². The molecule has 462 valence electrons. The Morgan fingerprint density at radius 3 is 0.295 bits per heavy atom. The van der Waals surface area contributed by atoms with E-state index in [1.54, 1.807) is 29.4 Å². The molecular formula is C60H120N6O12. The first-order valence-electron chi connectivity index (χ1n) is 29.1. The number of nitrogens with one attached hydrogen (secondary N) is 6. The van der Waals surface area contributed by atoms with E-state index in [0.717, 1.165) is 72.5 Å². The normalized spacial score (nSPS) is 11.4. The Hall–Kier alpha value is -4.20. The van der Waals surface area contributed by atoms with Crippen LogP contribution in [0.5, 0.6) is 0 Å². The lowest BCUT2D eigenvalue weighted by molar-refractivity contribution is -0.940. The number of hydrogen-bond acceptors (Lipinski definition) is 12. The molecular weight excluding hydrogens is 997 g/mol. The molecule has 18 nitrogen and oxygen atoms in total. The van der Waals surface area contributed by atoms with Crippen molar-refractivity contribution in [2.45, 2.75) is 280 Å². The molecule has 0 aliphatic carbocycles. The molecule has 0 saturated carbocycles. The van der Waals surface area contributed by atoms with Crippen molar-refractivity contribution < 1.29 is 88.8 Å². The van der Waals surface area contributed by atoms with Gasteiger partial charge in [0.1, 0.15) is 0 Å². The van der Waals surface area contributed by atoms with Crippen LogP contribution in [0.15, 0.2) is 0 Å². The molecule has 0 spiro atoms. The van der Waals surface area contributed by atoms with Crippen LogP contribution >= 0.6 is 0 Å². The largest absolute Gasteiger partial charge is 0.545 e. The Labute approximate surface area is 475 Å². The molecule has 0 bridgehead atoms. The van der Waals surface area contributed by atoms with E-state index in [2.05, 4.69) is 208 Å². The maximum Gasteiger partial charge on any atom is 0.0819 e. The van der Waals surface area contributed by atoms with Crippen LogP contribution in [-0.2, 0) is 0 Å². The fourth-order valence-electron chi connectivity index (χ4n) is 10.9. The van der Waals surface area contributed by atoms with E-state index in [1.165, 1.54) is 39.3 Å². The maximum absolute atomic E-state index is 11.0. The molecule has 1 aromatic carbocycles. The Balaban J connectivity index is -0.000000205. The van der Waals surface area contributed by atoms with E-state index in [4.69, 9.17) is 0 Å². The van der Waals surface area contributed by atoms with Crippen LogP contribution < -0.4 is 60.0 Å². The second kappa shape index (κ2) is 44.5. The van der Waals surface area contributed by atoms with Gasteiger partial charge in [-0.15, -0.1) is 0 Å². The number of benzene rings is 1. The molecule has 1 rings (SSSR count). The molecule has 6 N–H and O–H groups in total. The van der Waals surface area contributed by atoms with Gasteiger partial charge in [0, 0.05) is 33.4 Å². The van der Waals surface area contributed by atoms with Gasteiger partial charge in [0.2, 0.25) is 0 Å². The summed E-state index contributed by atoms with van der Waals surface area (Å²) in [4.78, 5) is 76.1. The van der Waals surface area contributed by atoms with Gasteiger partial charge in [-0.1, -0.05) is 0 Å². The van der Waals surface area contributed by atoms with E-state index in [-0.39, 0.29) is 0 Å². The van der Waals surface area contributed by atoms with Gasteiger partial charge in [0.15, 0.2) is 0 Å². The first-order valence-corrected chi connectivity index (χ1v) is 29.1. The van der Waals surface area contributed by atoms with Gasteiger partial charge in [-0.2, -0.15) is 0 Å². The molecule has 78 heavy (non-hydrogen) atoms. The standard InChI is InChI=1S/C12H6O12.6C8H19N/c13-7(14)1-2(8(15)16)4(10(19)20)6(12(23)24)5(11(21)22)3(1)9(17)18;6*1-6-9(7(2)3)8(4)5/h(H,13,14)(H,15,16)(H,17,18)(H,19,20)(H,21,22)(H,23,24);6*7-8H,6H2,1-5H3. The van der Waals surface area contributed by atoms with Gasteiger partial charge in [0.05, 0.1) is 148 Å². The summed E-state index contributed by atoms with van der Waals surface area (Å²) >= 11 is 0. The fraction of sp³-hybridized carbons (Fsp3) is 0.800. The van der Waals surface area contributed by atoms with Crippen LogP contribution in [-0.4, -0.2) is 148 Å². The maximum atomic E-state index is 11.0. The number of aromatic carboxylic acids is 6. The first-order chi connectivity index (χ1) is 35.5. The number of rotatable bonds is 24. The lowest BCUT2D eigenvalue weighted by atomic mass is 9.86. The van der Waals surface area contributed by atoms with Crippen LogP contribution in [0.2, 0.25) is 0 Å². The zero-order chi connectivity index (χ0) is 63.6. The second-order valence-electron chi connectivity index (χ2n) is 23.4. The Bertz CT molecular complexity index is 1430. The van der Waals surface area contributed by atoms with E-state index in [1.807, 2.05) is 0 Å². The van der Waals surface area contributed by atoms with E-state index in [9.17, 15) is 59.4 Å². The SMILES string of the molecule is CC[NH+](C(C)C)C(C)C.CC[NH+](C(C)C)C(C)C.CC[NH+](C(C)C)C(C)C.CC[NH+](C(C)C)C(C)C.CC[NH+](C(C)C)C(C)C.CC[NH+](C(C)C)C(C)C.O=C([O-])c1c(C(=O)[O-])c(C(=O)[O-])c(C(=O)[O-])c(C(=O)[O-])c1C(=O)[O-]. The highest BCUT2D eigenvalue weighted by molar-refractivity contribution is 6.21. The lowest BCUT2D eigenvalue weighted by Crippen LogP contribution is -3.17. The number of carboxylic acid groups (broad SMARTS) is 6. The van der Waals surface area contributed by atoms with Crippen molar-refractivity contribution in [1.82, 2.24) is 0 Å². The Kier molecular flexibility index (Phi) is 48.6. The van der Waals surface area contributed by atoms with Gasteiger partial charge in [-0.05, 0) is 208 Å². The summed E-state index contributed by atoms with van der Waals surface area (Å²) in [6, 6.07) is 9.28. The molecule has 0 atom stereocenters. The van der Waals surface area contributed by atoms with Crippen LogP contribution in [0.3, 0.4) is 0 Å². The summed E-state index contributed by atoms with van der Waals surface area (Å²) in [5.41, 5.74) is -12.0. The molecule has 0 aromatic heterocycles. The molecule has 0 aliphatic heterocycles. The summed E-state index contributed by atoms with van der Waals surface area (Å²) in [6.45, 7) is 75.6. The summed E-state index contributed by atoms with van der Waals surface area (Å²) in [6.07, 6.45) is 0.